The minimum atomic E-state index is 0.661. The average molecular weight is 302 g/mol. The predicted molar refractivity (Wildman–Crippen MR) is 89.7 cm³/mol. The lowest BCUT2D eigenvalue weighted by Crippen LogP contribution is -2.51. The molecule has 2 aliphatic heterocycles. The molecule has 112 valence electrons. The lowest BCUT2D eigenvalue weighted by atomic mass is 10.1. The van der Waals surface area contributed by atoms with Crippen LogP contribution in [0, 0.1) is 11.3 Å². The van der Waals surface area contributed by atoms with E-state index < -0.39 is 0 Å². The van der Waals surface area contributed by atoms with Crippen LogP contribution in [0.25, 0.3) is 0 Å². The fourth-order valence-electron chi connectivity index (χ4n) is 3.30. The SMILES string of the molecule is N#Cc1cc(N)ccc1N1CCN(C2CCSCC2)CC1. The Morgan fingerprint density at radius 2 is 1.86 bits per heavy atom. The number of anilines is 2. The van der Waals surface area contributed by atoms with Crippen LogP contribution in [0.4, 0.5) is 11.4 Å². The minimum Gasteiger partial charge on any atom is -0.399 e. The zero-order valence-electron chi connectivity index (χ0n) is 12.3. The molecule has 1 aromatic rings. The maximum atomic E-state index is 9.28. The van der Waals surface area contributed by atoms with E-state index in [1.807, 2.05) is 12.1 Å². The third kappa shape index (κ3) is 3.28. The molecule has 0 unspecified atom stereocenters. The number of nitrogens with two attached hydrogens (primary N) is 1. The van der Waals surface area contributed by atoms with Crippen molar-refractivity contribution in [1.29, 1.82) is 5.26 Å². The van der Waals surface area contributed by atoms with Crippen LogP contribution in [0.15, 0.2) is 18.2 Å². The molecule has 2 aliphatic rings. The highest BCUT2D eigenvalue weighted by Gasteiger charge is 2.26. The lowest BCUT2D eigenvalue weighted by molar-refractivity contribution is 0.175. The Kier molecular flexibility index (Phi) is 4.57. The molecule has 2 saturated heterocycles. The number of nitrogen functional groups attached to an aromatic ring is 1. The number of hydrogen-bond donors (Lipinski definition) is 1. The van der Waals surface area contributed by atoms with Crippen LogP contribution in [0.1, 0.15) is 18.4 Å². The summed E-state index contributed by atoms with van der Waals surface area (Å²) in [6.45, 7) is 4.21. The van der Waals surface area contributed by atoms with Crippen LogP contribution in [0.5, 0.6) is 0 Å². The Bertz CT molecular complexity index is 526. The molecule has 5 heteroatoms. The van der Waals surface area contributed by atoms with Gasteiger partial charge < -0.3 is 10.6 Å². The molecule has 0 spiro atoms. The Labute approximate surface area is 130 Å². The molecule has 0 saturated carbocycles. The Morgan fingerprint density at radius 1 is 1.14 bits per heavy atom. The summed E-state index contributed by atoms with van der Waals surface area (Å²) in [5, 5.41) is 9.28. The van der Waals surface area contributed by atoms with Crippen molar-refractivity contribution in [3.8, 4) is 6.07 Å². The third-order valence-electron chi connectivity index (χ3n) is 4.50. The normalized spacial score (nSPS) is 21.2. The quantitative estimate of drug-likeness (QED) is 0.848. The molecule has 3 rings (SSSR count). The number of benzene rings is 1. The largest absolute Gasteiger partial charge is 0.399 e. The van der Waals surface area contributed by atoms with E-state index >= 15 is 0 Å². The van der Waals surface area contributed by atoms with Crippen LogP contribution in [0.2, 0.25) is 0 Å². The zero-order valence-corrected chi connectivity index (χ0v) is 13.1. The first-order valence-electron chi connectivity index (χ1n) is 7.64. The predicted octanol–water partition coefficient (Wildman–Crippen LogP) is 2.16. The van der Waals surface area contributed by atoms with Gasteiger partial charge >= 0.3 is 0 Å². The fourth-order valence-corrected chi connectivity index (χ4v) is 4.38. The molecule has 0 radical (unpaired) electrons. The van der Waals surface area contributed by atoms with Crippen molar-refractivity contribution in [3.05, 3.63) is 23.8 Å². The molecule has 0 aromatic heterocycles. The average Bonchev–Trinajstić information content (AvgIpc) is 2.56. The standard InChI is InChI=1S/C16H22N4S/c17-12-13-11-14(18)1-2-16(13)20-7-5-19(6-8-20)15-3-9-21-10-4-15/h1-2,11,15H,3-10,18H2. The number of piperazine rings is 1. The van der Waals surface area contributed by atoms with Gasteiger partial charge in [-0.1, -0.05) is 0 Å². The highest BCUT2D eigenvalue weighted by atomic mass is 32.2. The number of thioether (sulfide) groups is 1. The molecule has 2 fully saturated rings. The van der Waals surface area contributed by atoms with Crippen molar-refractivity contribution in [2.45, 2.75) is 18.9 Å². The summed E-state index contributed by atoms with van der Waals surface area (Å²) in [4.78, 5) is 4.96. The third-order valence-corrected chi connectivity index (χ3v) is 5.55. The summed E-state index contributed by atoms with van der Waals surface area (Å²) in [5.74, 6) is 2.61. The van der Waals surface area contributed by atoms with E-state index in [4.69, 9.17) is 5.73 Å². The van der Waals surface area contributed by atoms with Crippen LogP contribution < -0.4 is 10.6 Å². The van der Waals surface area contributed by atoms with Gasteiger partial charge in [0.15, 0.2) is 0 Å². The van der Waals surface area contributed by atoms with E-state index in [9.17, 15) is 5.26 Å². The van der Waals surface area contributed by atoms with E-state index in [2.05, 4.69) is 27.6 Å². The minimum absolute atomic E-state index is 0.661. The van der Waals surface area contributed by atoms with Crippen molar-refractivity contribution in [2.24, 2.45) is 0 Å². The molecule has 4 nitrogen and oxygen atoms in total. The Hall–Kier alpha value is -1.38. The number of rotatable bonds is 2. The van der Waals surface area contributed by atoms with E-state index in [0.717, 1.165) is 37.9 Å². The van der Waals surface area contributed by atoms with Crippen molar-refractivity contribution in [3.63, 3.8) is 0 Å². The molecule has 1 aromatic carbocycles. The van der Waals surface area contributed by atoms with Crippen LogP contribution in [-0.2, 0) is 0 Å². The van der Waals surface area contributed by atoms with Crippen LogP contribution in [-0.4, -0.2) is 48.6 Å². The van der Waals surface area contributed by atoms with Gasteiger partial charge in [-0.3, -0.25) is 4.90 Å². The van der Waals surface area contributed by atoms with E-state index in [1.165, 1.54) is 24.3 Å². The summed E-state index contributed by atoms with van der Waals surface area (Å²) >= 11 is 2.08. The maximum Gasteiger partial charge on any atom is 0.101 e. The molecule has 2 N–H and O–H groups in total. The van der Waals surface area contributed by atoms with Gasteiger partial charge in [-0.15, -0.1) is 0 Å². The summed E-state index contributed by atoms with van der Waals surface area (Å²) in [5.41, 5.74) is 8.16. The van der Waals surface area contributed by atoms with Crippen LogP contribution >= 0.6 is 11.8 Å². The molecule has 0 amide bonds. The molecule has 21 heavy (non-hydrogen) atoms. The van der Waals surface area contributed by atoms with Gasteiger partial charge in [-0.2, -0.15) is 17.0 Å². The second-order valence-corrected chi connectivity index (χ2v) is 6.98. The molecule has 0 bridgehead atoms. The van der Waals surface area contributed by atoms with Gasteiger partial charge in [0.05, 0.1) is 11.3 Å². The monoisotopic (exact) mass is 302 g/mol. The maximum absolute atomic E-state index is 9.28. The highest BCUT2D eigenvalue weighted by molar-refractivity contribution is 7.99. The van der Waals surface area contributed by atoms with Gasteiger partial charge in [0.1, 0.15) is 6.07 Å². The van der Waals surface area contributed by atoms with Gasteiger partial charge in [0.2, 0.25) is 0 Å². The second-order valence-electron chi connectivity index (χ2n) is 5.75. The van der Waals surface area contributed by atoms with Crippen LogP contribution in [0.3, 0.4) is 0 Å². The Balaban J connectivity index is 1.64. The number of nitrogens with zero attached hydrogens (tertiary/aromatic N) is 3. The first kappa shape index (κ1) is 14.6. The zero-order chi connectivity index (χ0) is 14.7. The summed E-state index contributed by atoms with van der Waals surface area (Å²) in [6.07, 6.45) is 2.66. The van der Waals surface area contributed by atoms with Crippen molar-refractivity contribution < 1.29 is 0 Å². The van der Waals surface area contributed by atoms with Gasteiger partial charge in [-0.05, 0) is 42.5 Å². The van der Waals surface area contributed by atoms with Crippen molar-refractivity contribution in [1.82, 2.24) is 4.90 Å². The Morgan fingerprint density at radius 3 is 2.52 bits per heavy atom. The van der Waals surface area contributed by atoms with Gasteiger partial charge in [0, 0.05) is 37.9 Å². The van der Waals surface area contributed by atoms with E-state index in [-0.39, 0.29) is 0 Å². The molecular weight excluding hydrogens is 280 g/mol. The smallest absolute Gasteiger partial charge is 0.101 e. The second kappa shape index (κ2) is 6.59. The summed E-state index contributed by atoms with van der Waals surface area (Å²) in [7, 11) is 0. The topological polar surface area (TPSA) is 56.3 Å². The molecule has 2 heterocycles. The van der Waals surface area contributed by atoms with E-state index in [0.29, 0.717) is 11.3 Å². The van der Waals surface area contributed by atoms with Gasteiger partial charge in [-0.25, -0.2) is 0 Å². The van der Waals surface area contributed by atoms with Gasteiger partial charge in [0.25, 0.3) is 0 Å². The lowest BCUT2D eigenvalue weighted by Gasteiger charge is -2.41. The first-order chi connectivity index (χ1) is 10.3. The molecule has 0 atom stereocenters. The summed E-state index contributed by atoms with van der Waals surface area (Å²) in [6, 6.07) is 8.70. The fraction of sp³-hybridized carbons (Fsp3) is 0.562. The number of nitriles is 1. The van der Waals surface area contributed by atoms with Crippen molar-refractivity contribution >= 4 is 23.1 Å². The molecular formula is C16H22N4S. The van der Waals surface area contributed by atoms with E-state index in [1.54, 1.807) is 6.07 Å². The molecule has 0 aliphatic carbocycles. The summed E-state index contributed by atoms with van der Waals surface area (Å²) < 4.78 is 0. The first-order valence-corrected chi connectivity index (χ1v) is 8.80. The number of hydrogen-bond acceptors (Lipinski definition) is 5. The highest BCUT2D eigenvalue weighted by Crippen LogP contribution is 2.26. The van der Waals surface area contributed by atoms with Crippen molar-refractivity contribution in [2.75, 3.05) is 48.3 Å².